The normalized spacial score (nSPS) is 11.6. The molecular weight excluding hydrogens is 1130 g/mol. The van der Waals surface area contributed by atoms with Gasteiger partial charge in [0, 0.05) is 47.2 Å². The zero-order valence-corrected chi connectivity index (χ0v) is 48.4. The van der Waals surface area contributed by atoms with Crippen LogP contribution < -0.4 is 9.05 Å². The van der Waals surface area contributed by atoms with E-state index in [0.29, 0.717) is 33.8 Å². The number of rotatable bonds is 12. The lowest BCUT2D eigenvalue weighted by molar-refractivity contribution is 0.483. The summed E-state index contributed by atoms with van der Waals surface area (Å²) in [6.07, 6.45) is 0. The van der Waals surface area contributed by atoms with Crippen LogP contribution in [0.4, 0.5) is 0 Å². The Balaban J connectivity index is 0.943. The molecule has 82 heavy (non-hydrogen) atoms. The molecule has 0 saturated heterocycles. The van der Waals surface area contributed by atoms with Crippen LogP contribution in [0, 0.1) is 0 Å². The van der Waals surface area contributed by atoms with Crippen LogP contribution in [0.3, 0.4) is 0 Å². The van der Waals surface area contributed by atoms with Gasteiger partial charge in [-0.05, 0) is 128 Å². The Bertz CT molecular complexity index is 4410. The Morgan fingerprint density at radius 2 is 0.488 bits per heavy atom. The zero-order valence-electron chi connectivity index (χ0n) is 43.4. The average Bonchev–Trinajstić information content (AvgIpc) is 2.78. The summed E-state index contributed by atoms with van der Waals surface area (Å²) in [5, 5.41) is 12.3. The van der Waals surface area contributed by atoms with Gasteiger partial charge in [-0.25, -0.2) is 0 Å². The molecule has 15 rings (SSSR count). The van der Waals surface area contributed by atoms with Crippen molar-refractivity contribution in [3.63, 3.8) is 0 Å². The molecule has 0 aliphatic carbocycles. The molecule has 0 atom stereocenters. The molecule has 15 aromatic rings. The minimum Gasteiger partial charge on any atom is -0.391 e. The Labute approximate surface area is 490 Å². The molecule has 0 aliphatic heterocycles. The summed E-state index contributed by atoms with van der Waals surface area (Å²) >= 11 is 6.64. The summed E-state index contributed by atoms with van der Waals surface area (Å²) in [6.45, 7) is 0. The van der Waals surface area contributed by atoms with Crippen LogP contribution in [-0.2, 0) is 0 Å². The highest BCUT2D eigenvalue weighted by Gasteiger charge is 2.24. The van der Waals surface area contributed by atoms with Crippen LogP contribution in [0.2, 0.25) is 0 Å². The predicted octanol–water partition coefficient (Wildman–Crippen LogP) is 23.8. The molecule has 13 aromatic carbocycles. The largest absolute Gasteiger partial charge is 0.453 e. The van der Waals surface area contributed by atoms with E-state index in [2.05, 4.69) is 218 Å². The topological polar surface area (TPSA) is 71.0 Å². The third-order valence-corrected chi connectivity index (χ3v) is 20.3. The minimum atomic E-state index is -2.18. The van der Waals surface area contributed by atoms with Crippen LogP contribution in [0.15, 0.2) is 323 Å². The molecule has 12 heteroatoms. The fourth-order valence-electron chi connectivity index (χ4n) is 10.5. The third kappa shape index (κ3) is 9.96. The van der Waals surface area contributed by atoms with Crippen molar-refractivity contribution in [2.24, 2.45) is 0 Å². The van der Waals surface area contributed by atoms with Crippen LogP contribution in [0.1, 0.15) is 0 Å². The second-order valence-electron chi connectivity index (χ2n) is 19.3. The lowest BCUT2D eigenvalue weighted by Crippen LogP contribution is -1.85. The van der Waals surface area contributed by atoms with Gasteiger partial charge in [-0.15, -0.1) is 0 Å². The Morgan fingerprint density at radius 1 is 0.244 bits per heavy atom. The number of fused-ring (bicyclic) bond motifs is 14. The van der Waals surface area contributed by atoms with E-state index in [-0.39, 0.29) is 0 Å². The van der Waals surface area contributed by atoms with E-state index in [0.717, 1.165) is 104 Å². The highest BCUT2D eigenvalue weighted by Crippen LogP contribution is 2.52. The lowest BCUT2D eigenvalue weighted by atomic mass is 9.98. The summed E-state index contributed by atoms with van der Waals surface area (Å²) in [5.41, 5.74) is 2.75. The summed E-state index contributed by atoms with van der Waals surface area (Å²) < 4.78 is 43.3. The number of benzene rings is 13. The maximum absolute atomic E-state index is 7.29. The van der Waals surface area contributed by atoms with Gasteiger partial charge in [0.15, 0.2) is 22.3 Å². The first-order valence-corrected chi connectivity index (χ1v) is 32.0. The van der Waals surface area contributed by atoms with Gasteiger partial charge in [-0.3, -0.25) is 0 Å². The zero-order chi connectivity index (χ0) is 54.3. The van der Waals surface area contributed by atoms with E-state index >= 15 is 0 Å². The lowest BCUT2D eigenvalue weighted by Gasteiger charge is -2.11. The highest BCUT2D eigenvalue weighted by atomic mass is 32.2. The van der Waals surface area contributed by atoms with Gasteiger partial charge in [0.2, 0.25) is 0 Å². The first-order valence-electron chi connectivity index (χ1n) is 26.5. The van der Waals surface area contributed by atoms with Crippen molar-refractivity contribution in [3.8, 4) is 11.5 Å². The number of hydrogen-bond acceptors (Lipinski definition) is 10. The van der Waals surface area contributed by atoms with Gasteiger partial charge in [-0.1, -0.05) is 223 Å². The van der Waals surface area contributed by atoms with Crippen molar-refractivity contribution in [3.05, 3.63) is 267 Å². The van der Waals surface area contributed by atoms with E-state index < -0.39 is 16.5 Å². The maximum atomic E-state index is 7.29. The molecule has 0 fully saturated rings. The molecule has 0 aliphatic rings. The van der Waals surface area contributed by atoms with Crippen LogP contribution in [0.25, 0.3) is 87.0 Å². The Morgan fingerprint density at radius 3 is 0.756 bits per heavy atom. The van der Waals surface area contributed by atoms with Gasteiger partial charge in [0.1, 0.15) is 11.5 Å². The summed E-state index contributed by atoms with van der Waals surface area (Å²) in [6, 6.07) is 92.2. The van der Waals surface area contributed by atoms with Crippen LogP contribution >= 0.6 is 63.5 Å². The molecule has 2 aromatic heterocycles. The fraction of sp³-hybridized carbons (Fsp3) is 0. The maximum Gasteiger partial charge on any atom is 0.453 e. The van der Waals surface area contributed by atoms with E-state index in [9.17, 15) is 0 Å². The Kier molecular flexibility index (Phi) is 13.7. The monoisotopic (exact) mass is 1170 g/mol. The van der Waals surface area contributed by atoms with Crippen molar-refractivity contribution in [1.82, 2.24) is 0 Å². The molecule has 394 valence electrons. The quantitative estimate of drug-likeness (QED) is 0.118. The molecule has 0 saturated carbocycles. The van der Waals surface area contributed by atoms with E-state index in [1.165, 1.54) is 0 Å². The molecule has 6 nitrogen and oxygen atoms in total. The Hall–Kier alpha value is -8.30. The summed E-state index contributed by atoms with van der Waals surface area (Å²) in [7, 11) is -4.37. The van der Waals surface area contributed by atoms with Crippen molar-refractivity contribution < 1.29 is 25.8 Å². The van der Waals surface area contributed by atoms with Gasteiger partial charge in [0.05, 0.1) is 19.6 Å². The van der Waals surface area contributed by atoms with Gasteiger partial charge >= 0.3 is 16.5 Å². The van der Waals surface area contributed by atoms with E-state index in [1.54, 1.807) is 47.0 Å². The van der Waals surface area contributed by atoms with Crippen molar-refractivity contribution in [1.29, 1.82) is 0 Å². The van der Waals surface area contributed by atoms with Crippen molar-refractivity contribution in [2.45, 2.75) is 39.2 Å². The van der Waals surface area contributed by atoms with Crippen LogP contribution in [-0.4, -0.2) is 0 Å². The van der Waals surface area contributed by atoms with Gasteiger partial charge < -0.3 is 25.8 Å². The van der Waals surface area contributed by atoms with Gasteiger partial charge in [-0.2, -0.15) is 0 Å². The highest BCUT2D eigenvalue weighted by molar-refractivity contribution is 8.00. The molecule has 0 spiro atoms. The van der Waals surface area contributed by atoms with E-state index in [4.69, 9.17) is 25.8 Å². The molecule has 2 heterocycles. The fourth-order valence-corrected chi connectivity index (χ4v) is 16.8. The molecule has 0 radical (unpaired) electrons. The standard InChI is InChI=1S/C70H44O6P2S4/c1-5-28-51(29-6-1)79-59-40-45-22-13-17-36-55(45)63-64-56-37-18-14-23-46(56)41-60(80-52-30-7-2-8-31-52)68(64)74-77(73-67(59)63)71-49-26-21-27-50(44-49)72-78-75-69-61(81-53-32-9-3-10-33-53)42-47-24-15-19-38-57(47)65(69)66-58-39-20-16-25-48(58)43-62(70(66)76-78)82-54-34-11-4-12-35-54/h1-44H. The average molecular weight is 1170 g/mol. The SMILES string of the molecule is c1ccc(Sc2cc3ccccc3c3c2op(Oc2cccc(Op4oc5c(Sc6ccccc6)cc6ccccc6c5c5c(o4)c(Sc4ccccc4)cc4ccccc45)c2)oc2c(Sc4ccccc4)cc4ccccc4c23)cc1. The van der Waals surface area contributed by atoms with E-state index in [1.807, 2.05) is 48.5 Å². The first-order chi connectivity index (χ1) is 40.6. The smallest absolute Gasteiger partial charge is 0.391 e. The van der Waals surface area contributed by atoms with Crippen molar-refractivity contribution in [2.75, 3.05) is 0 Å². The minimum absolute atomic E-state index is 0.480. The molecular formula is C70H44O6P2S4. The predicted molar refractivity (Wildman–Crippen MR) is 343 cm³/mol. The second-order valence-corrected chi connectivity index (χ2v) is 25.8. The van der Waals surface area contributed by atoms with Gasteiger partial charge in [0.25, 0.3) is 0 Å². The van der Waals surface area contributed by atoms with Crippen LogP contribution in [0.5, 0.6) is 11.5 Å². The third-order valence-electron chi connectivity index (χ3n) is 14.1. The summed E-state index contributed by atoms with van der Waals surface area (Å²) in [5.74, 6) is 0.959. The molecule has 0 unspecified atom stereocenters. The summed E-state index contributed by atoms with van der Waals surface area (Å²) in [4.78, 5) is 8.08. The second kappa shape index (κ2) is 22.2. The molecule has 0 bridgehead atoms. The van der Waals surface area contributed by atoms with Crippen molar-refractivity contribution >= 4 is 150 Å². The molecule has 0 amide bonds. The first kappa shape index (κ1) is 50.6. The molecule has 0 N–H and O–H groups in total. The number of hydrogen-bond donors (Lipinski definition) is 0.